The van der Waals surface area contributed by atoms with Crippen LogP contribution in [0.1, 0.15) is 45.3 Å². The molecule has 1 aromatic carbocycles. The Bertz CT molecular complexity index is 504. The summed E-state index contributed by atoms with van der Waals surface area (Å²) >= 11 is 0. The number of hydrogen-bond donors (Lipinski definition) is 1. The third kappa shape index (κ3) is 3.70. The average Bonchev–Trinajstić information content (AvgIpc) is 2.97. The number of aromatic nitrogens is 2. The van der Waals surface area contributed by atoms with E-state index in [-0.39, 0.29) is 0 Å². The second-order valence-electron chi connectivity index (χ2n) is 5.38. The lowest BCUT2D eigenvalue weighted by molar-refractivity contribution is 0.401. The van der Waals surface area contributed by atoms with Gasteiger partial charge in [-0.25, -0.2) is 4.68 Å². The summed E-state index contributed by atoms with van der Waals surface area (Å²) in [6.07, 6.45) is 4.39. The fourth-order valence-corrected chi connectivity index (χ4v) is 2.37. The van der Waals surface area contributed by atoms with Gasteiger partial charge in [-0.2, -0.15) is 5.10 Å². The Balaban J connectivity index is 2.16. The molecule has 1 aromatic heterocycles. The Labute approximate surface area is 122 Å². The molecule has 0 aliphatic carbocycles. The van der Waals surface area contributed by atoms with Crippen molar-refractivity contribution in [1.82, 2.24) is 15.1 Å². The van der Waals surface area contributed by atoms with Crippen LogP contribution in [-0.2, 0) is 0 Å². The molecule has 0 spiro atoms. The highest BCUT2D eigenvalue weighted by Crippen LogP contribution is 2.22. The van der Waals surface area contributed by atoms with Crippen LogP contribution in [0.5, 0.6) is 0 Å². The smallest absolute Gasteiger partial charge is 0.0798 e. The van der Waals surface area contributed by atoms with Crippen molar-refractivity contribution in [3.63, 3.8) is 0 Å². The van der Waals surface area contributed by atoms with Crippen LogP contribution < -0.4 is 5.32 Å². The number of nitrogens with one attached hydrogen (secondary N) is 1. The van der Waals surface area contributed by atoms with Crippen molar-refractivity contribution < 1.29 is 0 Å². The van der Waals surface area contributed by atoms with Gasteiger partial charge in [-0.1, -0.05) is 45.4 Å². The number of benzene rings is 1. The summed E-state index contributed by atoms with van der Waals surface area (Å²) in [6.45, 7) is 7.67. The number of nitrogens with zero attached hydrogens (tertiary/aromatic N) is 2. The van der Waals surface area contributed by atoms with Crippen LogP contribution >= 0.6 is 0 Å². The fraction of sp³-hybridized carbons (Fsp3) is 0.471. The van der Waals surface area contributed by atoms with Crippen molar-refractivity contribution in [3.05, 3.63) is 48.3 Å². The van der Waals surface area contributed by atoms with Crippen molar-refractivity contribution in [2.45, 2.75) is 39.7 Å². The molecule has 0 radical (unpaired) electrons. The predicted octanol–water partition coefficient (Wildman–Crippen LogP) is 3.96. The van der Waals surface area contributed by atoms with E-state index in [0.717, 1.165) is 24.3 Å². The topological polar surface area (TPSA) is 29.9 Å². The fourth-order valence-electron chi connectivity index (χ4n) is 2.37. The van der Waals surface area contributed by atoms with Crippen molar-refractivity contribution >= 4 is 0 Å². The lowest BCUT2D eigenvalue weighted by Gasteiger charge is -2.19. The Kier molecular flexibility index (Phi) is 5.36. The third-order valence-corrected chi connectivity index (χ3v) is 3.77. The molecule has 1 heterocycles. The van der Waals surface area contributed by atoms with Gasteiger partial charge in [0.2, 0.25) is 0 Å². The first kappa shape index (κ1) is 14.8. The molecular formula is C17H25N3. The Morgan fingerprint density at radius 3 is 2.55 bits per heavy atom. The second kappa shape index (κ2) is 7.25. The van der Waals surface area contributed by atoms with Gasteiger partial charge in [-0.15, -0.1) is 0 Å². The molecule has 0 aliphatic heterocycles. The zero-order chi connectivity index (χ0) is 14.4. The summed E-state index contributed by atoms with van der Waals surface area (Å²) in [5.41, 5.74) is 2.24. The Hall–Kier alpha value is -1.61. The quantitative estimate of drug-likeness (QED) is 0.826. The van der Waals surface area contributed by atoms with E-state index in [1.54, 1.807) is 0 Å². The van der Waals surface area contributed by atoms with E-state index in [9.17, 15) is 0 Å². The molecule has 0 saturated heterocycles. The van der Waals surface area contributed by atoms with Crippen LogP contribution in [0.2, 0.25) is 0 Å². The molecule has 3 heteroatoms. The van der Waals surface area contributed by atoms with Crippen molar-refractivity contribution in [3.8, 4) is 5.69 Å². The van der Waals surface area contributed by atoms with Crippen LogP contribution in [0.4, 0.5) is 0 Å². The van der Waals surface area contributed by atoms with Crippen molar-refractivity contribution in [2.75, 3.05) is 6.54 Å². The molecule has 0 fully saturated rings. The summed E-state index contributed by atoms with van der Waals surface area (Å²) in [4.78, 5) is 0. The summed E-state index contributed by atoms with van der Waals surface area (Å²) in [7, 11) is 0. The standard InChI is InChI=1S/C17H25N3/c1-4-14(3)13-17(18-5-2)16-11-12-20(19-16)15-9-7-6-8-10-15/h6-12,14,17-18H,4-5,13H2,1-3H3. The predicted molar refractivity (Wildman–Crippen MR) is 84.1 cm³/mol. The maximum absolute atomic E-state index is 4.74. The van der Waals surface area contributed by atoms with Crippen LogP contribution in [0.15, 0.2) is 42.6 Å². The summed E-state index contributed by atoms with van der Waals surface area (Å²) in [5.74, 6) is 0.709. The maximum atomic E-state index is 4.74. The van der Waals surface area contributed by atoms with Crippen LogP contribution in [0.3, 0.4) is 0 Å². The highest BCUT2D eigenvalue weighted by atomic mass is 15.3. The van der Waals surface area contributed by atoms with Crippen LogP contribution in [0.25, 0.3) is 5.69 Å². The molecule has 108 valence electrons. The summed E-state index contributed by atoms with van der Waals surface area (Å²) in [5, 5.41) is 8.29. The molecule has 20 heavy (non-hydrogen) atoms. The normalized spacial score (nSPS) is 14.2. The zero-order valence-corrected chi connectivity index (χ0v) is 12.7. The van der Waals surface area contributed by atoms with Gasteiger partial charge in [0.1, 0.15) is 0 Å². The van der Waals surface area contributed by atoms with Crippen LogP contribution in [0, 0.1) is 5.92 Å². The largest absolute Gasteiger partial charge is 0.309 e. The van der Waals surface area contributed by atoms with E-state index in [0.29, 0.717) is 12.0 Å². The molecule has 0 bridgehead atoms. The van der Waals surface area contributed by atoms with Gasteiger partial charge in [0.25, 0.3) is 0 Å². The first-order valence-corrected chi connectivity index (χ1v) is 7.59. The molecule has 0 amide bonds. The SMILES string of the molecule is CCNC(CC(C)CC)c1ccn(-c2ccccc2)n1. The van der Waals surface area contributed by atoms with E-state index in [1.807, 2.05) is 29.1 Å². The molecule has 2 aromatic rings. The summed E-state index contributed by atoms with van der Waals surface area (Å²) < 4.78 is 1.95. The van der Waals surface area contributed by atoms with Crippen molar-refractivity contribution in [2.24, 2.45) is 5.92 Å². The minimum absolute atomic E-state index is 0.347. The third-order valence-electron chi connectivity index (χ3n) is 3.77. The minimum Gasteiger partial charge on any atom is -0.309 e. The highest BCUT2D eigenvalue weighted by Gasteiger charge is 2.16. The van der Waals surface area contributed by atoms with Gasteiger partial charge in [-0.05, 0) is 37.1 Å². The molecular weight excluding hydrogens is 246 g/mol. The van der Waals surface area contributed by atoms with E-state index in [2.05, 4.69) is 44.3 Å². The maximum Gasteiger partial charge on any atom is 0.0798 e. The molecule has 3 nitrogen and oxygen atoms in total. The molecule has 2 unspecified atom stereocenters. The summed E-state index contributed by atoms with van der Waals surface area (Å²) in [6, 6.07) is 12.7. The van der Waals surface area contributed by atoms with E-state index in [1.165, 1.54) is 6.42 Å². The first-order valence-electron chi connectivity index (χ1n) is 7.59. The highest BCUT2D eigenvalue weighted by molar-refractivity contribution is 5.30. The van der Waals surface area contributed by atoms with Gasteiger partial charge < -0.3 is 5.32 Å². The molecule has 0 aliphatic rings. The van der Waals surface area contributed by atoms with Crippen LogP contribution in [-0.4, -0.2) is 16.3 Å². The van der Waals surface area contributed by atoms with Gasteiger partial charge in [-0.3, -0.25) is 0 Å². The van der Waals surface area contributed by atoms with E-state index < -0.39 is 0 Å². The lowest BCUT2D eigenvalue weighted by atomic mass is 9.97. The molecule has 2 atom stereocenters. The average molecular weight is 271 g/mol. The number of rotatable bonds is 7. The minimum atomic E-state index is 0.347. The Morgan fingerprint density at radius 1 is 1.15 bits per heavy atom. The molecule has 1 N–H and O–H groups in total. The van der Waals surface area contributed by atoms with Crippen molar-refractivity contribution in [1.29, 1.82) is 0 Å². The van der Waals surface area contributed by atoms with E-state index in [4.69, 9.17) is 5.10 Å². The molecule has 2 rings (SSSR count). The Morgan fingerprint density at radius 2 is 1.90 bits per heavy atom. The van der Waals surface area contributed by atoms with Gasteiger partial charge in [0, 0.05) is 6.20 Å². The second-order valence-corrected chi connectivity index (χ2v) is 5.38. The van der Waals surface area contributed by atoms with Gasteiger partial charge >= 0.3 is 0 Å². The van der Waals surface area contributed by atoms with E-state index >= 15 is 0 Å². The zero-order valence-electron chi connectivity index (χ0n) is 12.7. The van der Waals surface area contributed by atoms with Gasteiger partial charge in [0.15, 0.2) is 0 Å². The monoisotopic (exact) mass is 271 g/mol. The molecule has 0 saturated carbocycles. The number of para-hydroxylation sites is 1. The first-order chi connectivity index (χ1) is 9.74. The lowest BCUT2D eigenvalue weighted by Crippen LogP contribution is -2.23. The van der Waals surface area contributed by atoms with Gasteiger partial charge in [0.05, 0.1) is 17.4 Å². The number of hydrogen-bond acceptors (Lipinski definition) is 2.